The van der Waals surface area contributed by atoms with Crippen LogP contribution in [0.25, 0.3) is 0 Å². The summed E-state index contributed by atoms with van der Waals surface area (Å²) in [5.74, 6) is 0.880. The maximum atomic E-state index is 5.47. The summed E-state index contributed by atoms with van der Waals surface area (Å²) < 4.78 is 5.47. The van der Waals surface area contributed by atoms with Crippen LogP contribution in [0.1, 0.15) is 45.6 Å². The standard InChI is InChI=1S/C15H26N2O/c1-4-7-14(17-5-2)9-8-13-10-15(18-6-3)12-16-11-13/h10-12,14,17H,4-9H2,1-3H3. The molecule has 0 aliphatic rings. The number of ether oxygens (including phenoxy) is 1. The van der Waals surface area contributed by atoms with E-state index in [0.29, 0.717) is 12.6 Å². The molecule has 1 aromatic heterocycles. The Morgan fingerprint density at radius 3 is 2.72 bits per heavy atom. The van der Waals surface area contributed by atoms with Gasteiger partial charge in [0.25, 0.3) is 0 Å². The predicted molar refractivity (Wildman–Crippen MR) is 76.1 cm³/mol. The normalized spacial score (nSPS) is 12.4. The summed E-state index contributed by atoms with van der Waals surface area (Å²) >= 11 is 0. The summed E-state index contributed by atoms with van der Waals surface area (Å²) in [6, 6.07) is 2.72. The van der Waals surface area contributed by atoms with Crippen LogP contribution in [0.5, 0.6) is 5.75 Å². The van der Waals surface area contributed by atoms with Crippen LogP contribution in [0.2, 0.25) is 0 Å². The molecule has 0 amide bonds. The van der Waals surface area contributed by atoms with Gasteiger partial charge in [-0.25, -0.2) is 0 Å². The topological polar surface area (TPSA) is 34.1 Å². The molecule has 1 N–H and O–H groups in total. The zero-order valence-electron chi connectivity index (χ0n) is 11.9. The van der Waals surface area contributed by atoms with Crippen molar-refractivity contribution < 1.29 is 4.74 Å². The van der Waals surface area contributed by atoms with Gasteiger partial charge in [0.05, 0.1) is 12.8 Å². The van der Waals surface area contributed by atoms with Crippen LogP contribution in [0.4, 0.5) is 0 Å². The Kier molecular flexibility index (Phi) is 7.42. The molecular weight excluding hydrogens is 224 g/mol. The van der Waals surface area contributed by atoms with Gasteiger partial charge >= 0.3 is 0 Å². The Bertz CT molecular complexity index is 322. The smallest absolute Gasteiger partial charge is 0.137 e. The zero-order valence-corrected chi connectivity index (χ0v) is 11.9. The van der Waals surface area contributed by atoms with Crippen LogP contribution in [0, 0.1) is 0 Å². The monoisotopic (exact) mass is 250 g/mol. The maximum absolute atomic E-state index is 5.47. The van der Waals surface area contributed by atoms with E-state index in [4.69, 9.17) is 4.74 Å². The minimum Gasteiger partial charge on any atom is -0.492 e. The molecule has 0 aliphatic heterocycles. The van der Waals surface area contributed by atoms with Crippen molar-refractivity contribution in [1.29, 1.82) is 0 Å². The van der Waals surface area contributed by atoms with E-state index in [1.807, 2.05) is 13.1 Å². The van der Waals surface area contributed by atoms with Gasteiger partial charge in [0.1, 0.15) is 5.75 Å². The highest BCUT2D eigenvalue weighted by Crippen LogP contribution is 2.14. The second kappa shape index (κ2) is 8.92. The van der Waals surface area contributed by atoms with Crippen LogP contribution >= 0.6 is 0 Å². The molecule has 3 heteroatoms. The lowest BCUT2D eigenvalue weighted by Crippen LogP contribution is -2.29. The predicted octanol–water partition coefficient (Wildman–Crippen LogP) is 3.19. The molecule has 0 bridgehead atoms. The highest BCUT2D eigenvalue weighted by atomic mass is 16.5. The van der Waals surface area contributed by atoms with Gasteiger partial charge in [0, 0.05) is 12.2 Å². The molecule has 0 fully saturated rings. The molecule has 1 heterocycles. The Morgan fingerprint density at radius 1 is 1.22 bits per heavy atom. The molecule has 0 radical (unpaired) electrons. The lowest BCUT2D eigenvalue weighted by Gasteiger charge is -2.17. The maximum Gasteiger partial charge on any atom is 0.137 e. The first-order valence-corrected chi connectivity index (χ1v) is 7.10. The van der Waals surface area contributed by atoms with E-state index in [9.17, 15) is 0 Å². The molecule has 3 nitrogen and oxygen atoms in total. The first kappa shape index (κ1) is 15.0. The summed E-state index contributed by atoms with van der Waals surface area (Å²) in [6.07, 6.45) is 8.42. The quantitative estimate of drug-likeness (QED) is 0.731. The second-order valence-electron chi connectivity index (χ2n) is 4.54. The van der Waals surface area contributed by atoms with Gasteiger partial charge in [-0.1, -0.05) is 20.3 Å². The van der Waals surface area contributed by atoms with Crippen molar-refractivity contribution in [3.8, 4) is 5.75 Å². The third kappa shape index (κ3) is 5.50. The van der Waals surface area contributed by atoms with Gasteiger partial charge < -0.3 is 10.1 Å². The van der Waals surface area contributed by atoms with Gasteiger partial charge in [-0.3, -0.25) is 4.98 Å². The molecular formula is C15H26N2O. The molecule has 0 saturated heterocycles. The van der Waals surface area contributed by atoms with Crippen LogP contribution in [-0.2, 0) is 6.42 Å². The third-order valence-electron chi connectivity index (χ3n) is 2.99. The first-order valence-electron chi connectivity index (χ1n) is 7.10. The highest BCUT2D eigenvalue weighted by molar-refractivity contribution is 5.23. The summed E-state index contributed by atoms with van der Waals surface area (Å²) in [7, 11) is 0. The Labute approximate surface area is 111 Å². The fourth-order valence-corrected chi connectivity index (χ4v) is 2.17. The van der Waals surface area contributed by atoms with Crippen molar-refractivity contribution in [1.82, 2.24) is 10.3 Å². The number of hydrogen-bond donors (Lipinski definition) is 1. The molecule has 0 aliphatic carbocycles. The number of nitrogens with zero attached hydrogens (tertiary/aromatic N) is 1. The van der Waals surface area contributed by atoms with E-state index in [0.717, 1.165) is 18.7 Å². The molecule has 0 spiro atoms. The molecule has 18 heavy (non-hydrogen) atoms. The summed E-state index contributed by atoms with van der Waals surface area (Å²) in [5.41, 5.74) is 1.26. The van der Waals surface area contributed by atoms with Gasteiger partial charge in [-0.2, -0.15) is 0 Å². The number of nitrogens with one attached hydrogen (secondary N) is 1. The third-order valence-corrected chi connectivity index (χ3v) is 2.99. The highest BCUT2D eigenvalue weighted by Gasteiger charge is 2.06. The Hall–Kier alpha value is -1.09. The Morgan fingerprint density at radius 2 is 2.06 bits per heavy atom. The molecule has 1 unspecified atom stereocenters. The average Bonchev–Trinajstić information content (AvgIpc) is 2.37. The minimum atomic E-state index is 0.621. The number of aryl methyl sites for hydroxylation is 1. The van der Waals surface area contributed by atoms with Gasteiger partial charge in [-0.15, -0.1) is 0 Å². The van der Waals surface area contributed by atoms with E-state index >= 15 is 0 Å². The van der Waals surface area contributed by atoms with Crippen molar-refractivity contribution in [2.45, 2.75) is 52.5 Å². The average molecular weight is 250 g/mol. The van der Waals surface area contributed by atoms with Crippen molar-refractivity contribution in [2.75, 3.05) is 13.2 Å². The van der Waals surface area contributed by atoms with Crippen molar-refractivity contribution in [2.24, 2.45) is 0 Å². The number of hydrogen-bond acceptors (Lipinski definition) is 3. The summed E-state index contributed by atoms with van der Waals surface area (Å²) in [6.45, 7) is 8.14. The van der Waals surface area contributed by atoms with Crippen molar-refractivity contribution >= 4 is 0 Å². The van der Waals surface area contributed by atoms with Crippen LogP contribution in [0.3, 0.4) is 0 Å². The number of rotatable bonds is 9. The minimum absolute atomic E-state index is 0.621. The van der Waals surface area contributed by atoms with E-state index in [-0.39, 0.29) is 0 Å². The molecule has 1 rings (SSSR count). The molecule has 102 valence electrons. The lowest BCUT2D eigenvalue weighted by molar-refractivity contribution is 0.338. The number of pyridine rings is 1. The van der Waals surface area contributed by atoms with Gasteiger partial charge in [-0.05, 0) is 44.4 Å². The fraction of sp³-hybridized carbons (Fsp3) is 0.667. The van der Waals surface area contributed by atoms with E-state index < -0.39 is 0 Å². The van der Waals surface area contributed by atoms with Gasteiger partial charge in [0.2, 0.25) is 0 Å². The van der Waals surface area contributed by atoms with Crippen LogP contribution in [0.15, 0.2) is 18.5 Å². The summed E-state index contributed by atoms with van der Waals surface area (Å²) in [5, 5.41) is 3.54. The fourth-order valence-electron chi connectivity index (χ4n) is 2.17. The molecule has 0 aromatic carbocycles. The SMILES string of the molecule is CCCC(CCc1cncc(OCC)c1)NCC. The van der Waals surface area contributed by atoms with E-state index in [2.05, 4.69) is 30.2 Å². The molecule has 0 saturated carbocycles. The largest absolute Gasteiger partial charge is 0.492 e. The lowest BCUT2D eigenvalue weighted by atomic mass is 10.0. The van der Waals surface area contributed by atoms with Crippen LogP contribution < -0.4 is 10.1 Å². The first-order chi connectivity index (χ1) is 8.80. The number of aromatic nitrogens is 1. The summed E-state index contributed by atoms with van der Waals surface area (Å²) in [4.78, 5) is 4.23. The molecule has 1 atom stereocenters. The van der Waals surface area contributed by atoms with Crippen LogP contribution in [-0.4, -0.2) is 24.2 Å². The van der Waals surface area contributed by atoms with Crippen molar-refractivity contribution in [3.05, 3.63) is 24.0 Å². The second-order valence-corrected chi connectivity index (χ2v) is 4.54. The van der Waals surface area contributed by atoms with E-state index in [1.54, 1.807) is 6.20 Å². The van der Waals surface area contributed by atoms with E-state index in [1.165, 1.54) is 24.8 Å². The van der Waals surface area contributed by atoms with Crippen molar-refractivity contribution in [3.63, 3.8) is 0 Å². The van der Waals surface area contributed by atoms with Gasteiger partial charge in [0.15, 0.2) is 0 Å². The zero-order chi connectivity index (χ0) is 13.2. The molecule has 1 aromatic rings. The Balaban J connectivity index is 2.47.